The largest absolute Gasteiger partial charge is 0.334 e. The van der Waals surface area contributed by atoms with Crippen LogP contribution in [0.3, 0.4) is 0 Å². The first kappa shape index (κ1) is 8.45. The van der Waals surface area contributed by atoms with Gasteiger partial charge in [0.2, 0.25) is 0 Å². The second kappa shape index (κ2) is 3.71. The van der Waals surface area contributed by atoms with Crippen LogP contribution in [-0.4, -0.2) is 10.1 Å². The third-order valence-electron chi connectivity index (χ3n) is 1.88. The van der Waals surface area contributed by atoms with E-state index in [9.17, 15) is 0 Å². The maximum Gasteiger partial charge on any atom is 0.257 e. The maximum atomic E-state index is 8.63. The van der Waals surface area contributed by atoms with Gasteiger partial charge in [-0.15, -0.1) is 0 Å². The summed E-state index contributed by atoms with van der Waals surface area (Å²) in [4.78, 5) is 3.94. The molecule has 4 heteroatoms. The van der Waals surface area contributed by atoms with Crippen molar-refractivity contribution in [2.45, 2.75) is 6.42 Å². The standard InChI is InChI=1S/C10H7N3O/c11-6-5-8-3-1-2-4-9(8)10-12-7-13-14-10/h1-4,7H,5H2. The number of aromatic nitrogens is 2. The lowest BCUT2D eigenvalue weighted by Gasteiger charge is -1.99. The zero-order valence-corrected chi connectivity index (χ0v) is 7.34. The molecule has 0 spiro atoms. The Morgan fingerprint density at radius 3 is 2.93 bits per heavy atom. The molecule has 0 aliphatic carbocycles. The Hall–Kier alpha value is -2.15. The van der Waals surface area contributed by atoms with E-state index in [2.05, 4.69) is 16.2 Å². The van der Waals surface area contributed by atoms with Crippen molar-refractivity contribution >= 4 is 0 Å². The van der Waals surface area contributed by atoms with Crippen LogP contribution in [0.2, 0.25) is 0 Å². The normalized spacial score (nSPS) is 9.64. The van der Waals surface area contributed by atoms with Crippen LogP contribution in [0.25, 0.3) is 11.5 Å². The van der Waals surface area contributed by atoms with Gasteiger partial charge in [0.1, 0.15) is 0 Å². The van der Waals surface area contributed by atoms with E-state index in [4.69, 9.17) is 9.78 Å². The summed E-state index contributed by atoms with van der Waals surface area (Å²) in [7, 11) is 0. The molecule has 2 aromatic rings. The Morgan fingerprint density at radius 2 is 2.21 bits per heavy atom. The van der Waals surface area contributed by atoms with Gasteiger partial charge in [-0.2, -0.15) is 10.2 Å². The van der Waals surface area contributed by atoms with Crippen molar-refractivity contribution in [1.82, 2.24) is 10.1 Å². The fourth-order valence-electron chi connectivity index (χ4n) is 1.26. The van der Waals surface area contributed by atoms with Crippen molar-refractivity contribution < 1.29 is 4.52 Å². The monoisotopic (exact) mass is 185 g/mol. The lowest BCUT2D eigenvalue weighted by Crippen LogP contribution is -1.87. The second-order valence-corrected chi connectivity index (χ2v) is 2.74. The van der Waals surface area contributed by atoms with Crippen molar-refractivity contribution in [2.24, 2.45) is 0 Å². The molecule has 0 aliphatic heterocycles. The maximum absolute atomic E-state index is 8.63. The van der Waals surface area contributed by atoms with Crippen molar-refractivity contribution in [3.8, 4) is 17.5 Å². The highest BCUT2D eigenvalue weighted by atomic mass is 16.5. The van der Waals surface area contributed by atoms with Crippen molar-refractivity contribution in [3.05, 3.63) is 36.2 Å². The summed E-state index contributed by atoms with van der Waals surface area (Å²) in [6.45, 7) is 0. The zero-order valence-electron chi connectivity index (χ0n) is 7.34. The molecule has 0 fully saturated rings. The quantitative estimate of drug-likeness (QED) is 0.715. The zero-order chi connectivity index (χ0) is 9.80. The van der Waals surface area contributed by atoms with Crippen molar-refractivity contribution in [2.75, 3.05) is 0 Å². The molecule has 4 nitrogen and oxygen atoms in total. The lowest BCUT2D eigenvalue weighted by atomic mass is 10.1. The molecule has 14 heavy (non-hydrogen) atoms. The van der Waals surface area contributed by atoms with E-state index in [0.29, 0.717) is 12.3 Å². The van der Waals surface area contributed by atoms with Gasteiger partial charge >= 0.3 is 0 Å². The van der Waals surface area contributed by atoms with Crippen LogP contribution < -0.4 is 0 Å². The van der Waals surface area contributed by atoms with Gasteiger partial charge in [0.05, 0.1) is 12.5 Å². The van der Waals surface area contributed by atoms with E-state index >= 15 is 0 Å². The first-order valence-electron chi connectivity index (χ1n) is 4.13. The molecule has 1 aromatic heterocycles. The number of nitriles is 1. The number of benzene rings is 1. The summed E-state index contributed by atoms with van der Waals surface area (Å²) >= 11 is 0. The van der Waals surface area contributed by atoms with E-state index in [0.717, 1.165) is 11.1 Å². The third-order valence-corrected chi connectivity index (χ3v) is 1.88. The van der Waals surface area contributed by atoms with E-state index in [-0.39, 0.29) is 0 Å². The molecule has 0 radical (unpaired) electrons. The molecular weight excluding hydrogens is 178 g/mol. The van der Waals surface area contributed by atoms with Gasteiger partial charge in [-0.1, -0.05) is 23.4 Å². The highest BCUT2D eigenvalue weighted by Crippen LogP contribution is 2.20. The fourth-order valence-corrected chi connectivity index (χ4v) is 1.26. The van der Waals surface area contributed by atoms with Gasteiger partial charge in [0.25, 0.3) is 5.89 Å². The SMILES string of the molecule is N#CCc1ccccc1-c1ncno1. The van der Waals surface area contributed by atoms with E-state index < -0.39 is 0 Å². The Labute approximate surface area is 80.8 Å². The minimum absolute atomic E-state index is 0.346. The first-order valence-corrected chi connectivity index (χ1v) is 4.13. The van der Waals surface area contributed by atoms with Crippen LogP contribution in [0.15, 0.2) is 35.1 Å². The summed E-state index contributed by atoms with van der Waals surface area (Å²) in [5, 5.41) is 12.2. The number of rotatable bonds is 2. The molecule has 68 valence electrons. The van der Waals surface area contributed by atoms with Crippen LogP contribution in [0, 0.1) is 11.3 Å². The summed E-state index contributed by atoms with van der Waals surface area (Å²) in [5.74, 6) is 0.454. The van der Waals surface area contributed by atoms with Crippen LogP contribution in [0.4, 0.5) is 0 Å². The van der Waals surface area contributed by atoms with Gasteiger partial charge < -0.3 is 4.52 Å². The van der Waals surface area contributed by atoms with Gasteiger partial charge in [0.15, 0.2) is 6.33 Å². The van der Waals surface area contributed by atoms with Crippen molar-refractivity contribution in [3.63, 3.8) is 0 Å². The van der Waals surface area contributed by atoms with Gasteiger partial charge in [-0.25, -0.2) is 0 Å². The Bertz CT molecular complexity index is 456. The molecule has 1 aromatic carbocycles. The van der Waals surface area contributed by atoms with E-state index in [1.54, 1.807) is 0 Å². The molecule has 0 bridgehead atoms. The molecule has 0 N–H and O–H groups in total. The molecule has 1 heterocycles. The average molecular weight is 185 g/mol. The second-order valence-electron chi connectivity index (χ2n) is 2.74. The van der Waals surface area contributed by atoms with Gasteiger partial charge in [-0.3, -0.25) is 0 Å². The molecule has 2 rings (SSSR count). The minimum atomic E-state index is 0.346. The minimum Gasteiger partial charge on any atom is -0.334 e. The van der Waals surface area contributed by atoms with Gasteiger partial charge in [0, 0.05) is 5.56 Å². The number of hydrogen-bond acceptors (Lipinski definition) is 4. The van der Waals surface area contributed by atoms with Crippen LogP contribution in [0.5, 0.6) is 0 Å². The van der Waals surface area contributed by atoms with Crippen LogP contribution in [-0.2, 0) is 6.42 Å². The summed E-state index contributed by atoms with van der Waals surface area (Å²) < 4.78 is 4.94. The van der Waals surface area contributed by atoms with Crippen LogP contribution >= 0.6 is 0 Å². The highest BCUT2D eigenvalue weighted by Gasteiger charge is 2.08. The molecule has 0 amide bonds. The fraction of sp³-hybridized carbons (Fsp3) is 0.100. The van der Waals surface area contributed by atoms with E-state index in [1.807, 2.05) is 24.3 Å². The summed E-state index contributed by atoms with van der Waals surface area (Å²) in [6.07, 6.45) is 1.69. The van der Waals surface area contributed by atoms with Crippen molar-refractivity contribution in [1.29, 1.82) is 5.26 Å². The predicted molar refractivity (Wildman–Crippen MR) is 49.1 cm³/mol. The predicted octanol–water partition coefficient (Wildman–Crippen LogP) is 1.80. The molecular formula is C10H7N3O. The third kappa shape index (κ3) is 1.48. The van der Waals surface area contributed by atoms with Crippen LogP contribution in [0.1, 0.15) is 5.56 Å². The van der Waals surface area contributed by atoms with E-state index in [1.165, 1.54) is 6.33 Å². The molecule has 0 unspecified atom stereocenters. The Kier molecular flexibility index (Phi) is 2.24. The average Bonchev–Trinajstić information content (AvgIpc) is 2.72. The molecule has 0 atom stereocenters. The highest BCUT2D eigenvalue weighted by molar-refractivity contribution is 5.58. The summed E-state index contributed by atoms with van der Waals surface area (Å²) in [6, 6.07) is 9.59. The first-order chi connectivity index (χ1) is 6.92. The molecule has 0 saturated heterocycles. The van der Waals surface area contributed by atoms with Gasteiger partial charge in [-0.05, 0) is 11.6 Å². The number of nitrogens with zero attached hydrogens (tertiary/aromatic N) is 3. The Balaban J connectivity index is 2.48. The molecule has 0 saturated carbocycles. The lowest BCUT2D eigenvalue weighted by molar-refractivity contribution is 0.430. The smallest absolute Gasteiger partial charge is 0.257 e. The summed E-state index contributed by atoms with van der Waals surface area (Å²) in [5.41, 5.74) is 1.73. The number of hydrogen-bond donors (Lipinski definition) is 0. The molecule has 0 aliphatic rings. The topological polar surface area (TPSA) is 62.7 Å². The Morgan fingerprint density at radius 1 is 1.36 bits per heavy atom.